The lowest BCUT2D eigenvalue weighted by molar-refractivity contribution is 0.0527. The number of fused-ring (bicyclic) bond motifs is 1. The van der Waals surface area contributed by atoms with Gasteiger partial charge in [0.15, 0.2) is 0 Å². The highest BCUT2D eigenvalue weighted by atomic mass is 16.5. The molecule has 0 aromatic carbocycles. The first-order chi connectivity index (χ1) is 7.15. The van der Waals surface area contributed by atoms with Crippen molar-refractivity contribution in [3.05, 3.63) is 11.3 Å². The van der Waals surface area contributed by atoms with Crippen molar-refractivity contribution in [3.63, 3.8) is 0 Å². The number of carbonyl (C=O) groups is 1. The van der Waals surface area contributed by atoms with Gasteiger partial charge in [-0.15, -0.1) is 9.73 Å². The molecular weight excluding hydrogens is 198 g/mol. The van der Waals surface area contributed by atoms with Crippen LogP contribution in [0, 0.1) is 6.92 Å². The van der Waals surface area contributed by atoms with Gasteiger partial charge in [-0.05, 0) is 19.1 Å². The van der Waals surface area contributed by atoms with Gasteiger partial charge >= 0.3 is 5.97 Å². The second kappa shape index (κ2) is 3.34. The summed E-state index contributed by atoms with van der Waals surface area (Å²) < 4.78 is 6.38. The maximum atomic E-state index is 11.6. The van der Waals surface area contributed by atoms with Gasteiger partial charge in [0.1, 0.15) is 5.56 Å². The van der Waals surface area contributed by atoms with E-state index in [0.29, 0.717) is 23.5 Å². The van der Waals surface area contributed by atoms with Crippen LogP contribution in [0.4, 0.5) is 0 Å². The molecule has 0 aliphatic heterocycles. The Balaban J connectivity index is 2.58. The molecule has 0 fully saturated rings. The monoisotopic (exact) mass is 209 g/mol. The number of aryl methyl sites for hydroxylation is 2. The first-order valence-electron chi connectivity index (χ1n) is 4.57. The van der Waals surface area contributed by atoms with Gasteiger partial charge in [-0.3, -0.25) is 0 Å². The first-order valence-corrected chi connectivity index (χ1v) is 4.57. The van der Waals surface area contributed by atoms with Crippen molar-refractivity contribution in [1.29, 1.82) is 0 Å². The van der Waals surface area contributed by atoms with Crippen LogP contribution in [-0.4, -0.2) is 37.4 Å². The molecule has 0 aliphatic carbocycles. The van der Waals surface area contributed by atoms with E-state index in [9.17, 15) is 4.79 Å². The van der Waals surface area contributed by atoms with Gasteiger partial charge in [0.2, 0.25) is 5.65 Å². The third-order valence-electron chi connectivity index (χ3n) is 2.04. The quantitative estimate of drug-likeness (QED) is 0.648. The Bertz CT molecular complexity index is 512. The number of ether oxygens (including phenoxy) is 1. The summed E-state index contributed by atoms with van der Waals surface area (Å²) in [5.74, 6) is -0.412. The predicted molar refractivity (Wildman–Crippen MR) is 50.4 cm³/mol. The zero-order valence-electron chi connectivity index (χ0n) is 8.76. The molecule has 2 aromatic heterocycles. The molecule has 0 aliphatic rings. The number of rotatable bonds is 2. The van der Waals surface area contributed by atoms with Crippen LogP contribution in [0.1, 0.15) is 23.0 Å². The predicted octanol–water partition coefficient (Wildman–Crippen LogP) is -0.0521. The van der Waals surface area contributed by atoms with Gasteiger partial charge in [0.25, 0.3) is 0 Å². The highest BCUT2D eigenvalue weighted by Crippen LogP contribution is 2.13. The summed E-state index contributed by atoms with van der Waals surface area (Å²) in [7, 11) is 1.70. The standard InChI is InChI=1S/C8H11N5O2/c1-4-15-8(14)6-5(2)10-13-7(6)9-11-12(13)3/h4H2,1-3H3. The van der Waals surface area contributed by atoms with Crippen molar-refractivity contribution in [2.75, 3.05) is 6.61 Å². The molecule has 7 heteroatoms. The Morgan fingerprint density at radius 2 is 2.27 bits per heavy atom. The van der Waals surface area contributed by atoms with Gasteiger partial charge in [-0.25, -0.2) is 4.79 Å². The van der Waals surface area contributed by atoms with Crippen LogP contribution in [0.3, 0.4) is 0 Å². The highest BCUT2D eigenvalue weighted by molar-refractivity contribution is 5.96. The topological polar surface area (TPSA) is 74.3 Å². The molecule has 2 aromatic rings. The fourth-order valence-electron chi connectivity index (χ4n) is 1.38. The number of hydrogen-bond acceptors (Lipinski definition) is 5. The summed E-state index contributed by atoms with van der Waals surface area (Å²) in [4.78, 5) is 13.0. The van der Waals surface area contributed by atoms with Crippen LogP contribution < -0.4 is 0 Å². The summed E-state index contributed by atoms with van der Waals surface area (Å²) in [6.45, 7) is 3.82. The molecular formula is C8H11N5O2. The zero-order chi connectivity index (χ0) is 11.0. The Labute approximate surface area is 85.6 Å². The molecule has 0 unspecified atom stereocenters. The maximum Gasteiger partial charge on any atom is 0.344 e. The van der Waals surface area contributed by atoms with Crippen molar-refractivity contribution in [1.82, 2.24) is 24.8 Å². The van der Waals surface area contributed by atoms with E-state index >= 15 is 0 Å². The number of hydrogen-bond donors (Lipinski definition) is 0. The molecule has 80 valence electrons. The van der Waals surface area contributed by atoms with Crippen molar-refractivity contribution in [2.24, 2.45) is 7.05 Å². The van der Waals surface area contributed by atoms with E-state index in [1.807, 2.05) is 0 Å². The van der Waals surface area contributed by atoms with E-state index in [1.54, 1.807) is 20.9 Å². The molecule has 0 spiro atoms. The number of carbonyl (C=O) groups excluding carboxylic acids is 1. The number of aromatic nitrogens is 5. The lowest BCUT2D eigenvalue weighted by atomic mass is 10.2. The molecule has 0 saturated carbocycles. The number of esters is 1. The van der Waals surface area contributed by atoms with E-state index in [4.69, 9.17) is 4.74 Å². The van der Waals surface area contributed by atoms with Crippen molar-refractivity contribution >= 4 is 11.6 Å². The van der Waals surface area contributed by atoms with Crippen LogP contribution in [0.5, 0.6) is 0 Å². The average molecular weight is 209 g/mol. The Hall–Kier alpha value is -1.92. The third-order valence-corrected chi connectivity index (χ3v) is 2.04. The second-order valence-electron chi connectivity index (χ2n) is 3.07. The van der Waals surface area contributed by atoms with Gasteiger partial charge in [0, 0.05) is 0 Å². The van der Waals surface area contributed by atoms with E-state index in [2.05, 4.69) is 15.4 Å². The van der Waals surface area contributed by atoms with E-state index < -0.39 is 5.97 Å². The summed E-state index contributed by atoms with van der Waals surface area (Å²) in [5, 5.41) is 11.7. The molecule has 0 bridgehead atoms. The smallest absolute Gasteiger partial charge is 0.344 e. The fourth-order valence-corrected chi connectivity index (χ4v) is 1.38. The minimum atomic E-state index is -0.412. The normalized spacial score (nSPS) is 10.9. The molecule has 2 heterocycles. The SMILES string of the molecule is CCOC(=O)c1c(C)nn2c1nnn2C. The molecule has 0 saturated heterocycles. The van der Waals surface area contributed by atoms with Gasteiger partial charge in [-0.1, -0.05) is 0 Å². The molecule has 15 heavy (non-hydrogen) atoms. The van der Waals surface area contributed by atoms with Crippen LogP contribution in [0.25, 0.3) is 5.65 Å². The zero-order valence-corrected chi connectivity index (χ0v) is 8.76. The van der Waals surface area contributed by atoms with Crippen molar-refractivity contribution in [3.8, 4) is 0 Å². The summed E-state index contributed by atoms with van der Waals surface area (Å²) >= 11 is 0. The molecule has 0 N–H and O–H groups in total. The third kappa shape index (κ3) is 1.36. The van der Waals surface area contributed by atoms with Crippen LogP contribution >= 0.6 is 0 Å². The Morgan fingerprint density at radius 3 is 2.93 bits per heavy atom. The van der Waals surface area contributed by atoms with E-state index in [1.165, 1.54) is 9.43 Å². The van der Waals surface area contributed by atoms with E-state index in [0.717, 1.165) is 0 Å². The second-order valence-corrected chi connectivity index (χ2v) is 3.07. The highest BCUT2D eigenvalue weighted by Gasteiger charge is 2.21. The van der Waals surface area contributed by atoms with Gasteiger partial charge in [0.05, 0.1) is 19.3 Å². The summed E-state index contributed by atoms with van der Waals surface area (Å²) in [6, 6.07) is 0. The average Bonchev–Trinajstić information content (AvgIpc) is 2.67. The van der Waals surface area contributed by atoms with E-state index in [-0.39, 0.29) is 0 Å². The summed E-state index contributed by atoms with van der Waals surface area (Å²) in [6.07, 6.45) is 0. The molecule has 0 radical (unpaired) electrons. The molecule has 0 amide bonds. The van der Waals surface area contributed by atoms with Crippen LogP contribution in [-0.2, 0) is 11.8 Å². The minimum absolute atomic E-state index is 0.329. The maximum absolute atomic E-state index is 11.6. The Kier molecular flexibility index (Phi) is 2.14. The molecule has 2 rings (SSSR count). The van der Waals surface area contributed by atoms with Gasteiger partial charge < -0.3 is 4.74 Å². The lowest BCUT2D eigenvalue weighted by Crippen LogP contribution is -2.05. The molecule has 0 atom stereocenters. The van der Waals surface area contributed by atoms with Crippen molar-refractivity contribution in [2.45, 2.75) is 13.8 Å². The van der Waals surface area contributed by atoms with Crippen molar-refractivity contribution < 1.29 is 9.53 Å². The Morgan fingerprint density at radius 1 is 1.53 bits per heavy atom. The largest absolute Gasteiger partial charge is 0.462 e. The van der Waals surface area contributed by atoms with Crippen LogP contribution in [0.2, 0.25) is 0 Å². The number of tetrazole rings is 1. The first kappa shape index (κ1) is 9.63. The van der Waals surface area contributed by atoms with Gasteiger partial charge in [-0.2, -0.15) is 9.90 Å². The minimum Gasteiger partial charge on any atom is -0.462 e. The lowest BCUT2D eigenvalue weighted by Gasteiger charge is -1.97. The fraction of sp³-hybridized carbons (Fsp3) is 0.500. The molecule has 7 nitrogen and oxygen atoms in total. The van der Waals surface area contributed by atoms with Crippen LogP contribution in [0.15, 0.2) is 0 Å². The summed E-state index contributed by atoms with van der Waals surface area (Å²) in [5.41, 5.74) is 1.40. The number of nitrogens with zero attached hydrogens (tertiary/aromatic N) is 5.